The predicted octanol–water partition coefficient (Wildman–Crippen LogP) is 5.57. The molecule has 4 rings (SSSR count). The SMILES string of the molecule is Cc1nc2c(Br)cccn2c1C1=CSCN1c1ccccc1Cl. The molecular weight excluding hydrogens is 394 g/mol. The Kier molecular flexibility index (Phi) is 3.87. The van der Waals surface area contributed by atoms with E-state index in [-0.39, 0.29) is 0 Å². The lowest BCUT2D eigenvalue weighted by Gasteiger charge is -2.23. The van der Waals surface area contributed by atoms with Gasteiger partial charge in [-0.05, 0) is 52.5 Å². The largest absolute Gasteiger partial charge is 0.328 e. The van der Waals surface area contributed by atoms with Crippen molar-refractivity contribution in [3.63, 3.8) is 0 Å². The van der Waals surface area contributed by atoms with Crippen molar-refractivity contribution >= 4 is 56.3 Å². The summed E-state index contributed by atoms with van der Waals surface area (Å²) in [7, 11) is 0. The molecule has 0 fully saturated rings. The van der Waals surface area contributed by atoms with Crippen LogP contribution in [0.3, 0.4) is 0 Å². The highest BCUT2D eigenvalue weighted by molar-refractivity contribution is 9.10. The van der Waals surface area contributed by atoms with Gasteiger partial charge in [0.25, 0.3) is 0 Å². The van der Waals surface area contributed by atoms with Crippen LogP contribution in [0.5, 0.6) is 0 Å². The van der Waals surface area contributed by atoms with Gasteiger partial charge in [-0.3, -0.25) is 4.40 Å². The molecule has 0 radical (unpaired) electrons. The van der Waals surface area contributed by atoms with E-state index >= 15 is 0 Å². The fourth-order valence-electron chi connectivity index (χ4n) is 2.83. The number of imidazole rings is 1. The first-order valence-corrected chi connectivity index (χ1v) is 9.36. The second kappa shape index (κ2) is 5.89. The van der Waals surface area contributed by atoms with Crippen LogP contribution in [0.1, 0.15) is 11.4 Å². The Balaban J connectivity index is 1.89. The van der Waals surface area contributed by atoms with Gasteiger partial charge >= 0.3 is 0 Å². The van der Waals surface area contributed by atoms with Crippen molar-refractivity contribution in [2.45, 2.75) is 6.92 Å². The van der Waals surface area contributed by atoms with Gasteiger partial charge < -0.3 is 4.90 Å². The molecule has 1 aliphatic rings. The number of aryl methyl sites for hydroxylation is 1. The molecule has 0 unspecified atom stereocenters. The molecule has 3 heterocycles. The lowest BCUT2D eigenvalue weighted by atomic mass is 10.2. The van der Waals surface area contributed by atoms with Gasteiger partial charge in [-0.2, -0.15) is 0 Å². The topological polar surface area (TPSA) is 20.5 Å². The molecule has 0 N–H and O–H groups in total. The molecule has 23 heavy (non-hydrogen) atoms. The van der Waals surface area contributed by atoms with Gasteiger partial charge in [0.1, 0.15) is 0 Å². The first kappa shape index (κ1) is 15.1. The van der Waals surface area contributed by atoms with Crippen molar-refractivity contribution in [1.82, 2.24) is 9.38 Å². The maximum Gasteiger partial charge on any atom is 0.151 e. The zero-order valence-corrected chi connectivity index (χ0v) is 15.5. The highest BCUT2D eigenvalue weighted by Gasteiger charge is 2.25. The van der Waals surface area contributed by atoms with E-state index in [1.54, 1.807) is 11.8 Å². The number of rotatable bonds is 2. The third-order valence-electron chi connectivity index (χ3n) is 3.85. The average molecular weight is 407 g/mol. The van der Waals surface area contributed by atoms with Crippen molar-refractivity contribution < 1.29 is 0 Å². The van der Waals surface area contributed by atoms with E-state index in [1.165, 1.54) is 0 Å². The maximum absolute atomic E-state index is 6.41. The van der Waals surface area contributed by atoms with Gasteiger partial charge in [0.05, 0.1) is 38.1 Å². The smallest absolute Gasteiger partial charge is 0.151 e. The van der Waals surface area contributed by atoms with E-state index in [2.05, 4.69) is 36.7 Å². The number of hydrogen-bond donors (Lipinski definition) is 0. The van der Waals surface area contributed by atoms with Crippen LogP contribution in [0.15, 0.2) is 52.5 Å². The number of pyridine rings is 1. The number of para-hydroxylation sites is 1. The molecule has 2 aromatic heterocycles. The molecule has 0 saturated heterocycles. The molecule has 3 aromatic rings. The fraction of sp³-hybridized carbons (Fsp3) is 0.118. The fourth-order valence-corrected chi connectivity index (χ4v) is 4.40. The summed E-state index contributed by atoms with van der Waals surface area (Å²) in [6.45, 7) is 2.05. The van der Waals surface area contributed by atoms with Gasteiger partial charge in [-0.15, -0.1) is 11.8 Å². The van der Waals surface area contributed by atoms with Crippen LogP contribution in [0.25, 0.3) is 11.3 Å². The van der Waals surface area contributed by atoms with Crippen LogP contribution >= 0.6 is 39.3 Å². The molecule has 0 atom stereocenters. The van der Waals surface area contributed by atoms with Gasteiger partial charge in [0.2, 0.25) is 0 Å². The number of nitrogens with zero attached hydrogens (tertiary/aromatic N) is 3. The minimum absolute atomic E-state index is 0.758. The van der Waals surface area contributed by atoms with Gasteiger partial charge in [0.15, 0.2) is 5.65 Å². The van der Waals surface area contributed by atoms with Crippen molar-refractivity contribution in [3.8, 4) is 0 Å². The molecule has 1 aliphatic heterocycles. The standard InChI is InChI=1S/C17H13BrClN3S/c1-11-16(21-8-4-5-12(18)17(21)20-11)15-9-23-10-22(15)14-7-3-2-6-13(14)19/h2-9H,10H2,1H3. The number of fused-ring (bicyclic) bond motifs is 1. The van der Waals surface area contributed by atoms with Crippen LogP contribution in [0.4, 0.5) is 5.69 Å². The Morgan fingerprint density at radius 1 is 1.22 bits per heavy atom. The summed E-state index contributed by atoms with van der Waals surface area (Å²) >= 11 is 11.8. The molecule has 0 saturated carbocycles. The summed E-state index contributed by atoms with van der Waals surface area (Å²) in [5, 5.41) is 2.94. The van der Waals surface area contributed by atoms with Crippen LogP contribution in [-0.2, 0) is 0 Å². The van der Waals surface area contributed by atoms with Crippen LogP contribution in [-0.4, -0.2) is 15.3 Å². The van der Waals surface area contributed by atoms with E-state index in [1.807, 2.05) is 43.5 Å². The number of aromatic nitrogens is 2. The molecule has 3 nitrogen and oxygen atoms in total. The zero-order chi connectivity index (χ0) is 16.0. The van der Waals surface area contributed by atoms with Gasteiger partial charge in [0, 0.05) is 6.20 Å². The van der Waals surface area contributed by atoms with Gasteiger partial charge in [-0.1, -0.05) is 23.7 Å². The summed E-state index contributed by atoms with van der Waals surface area (Å²) in [6, 6.07) is 12.0. The van der Waals surface area contributed by atoms with E-state index in [9.17, 15) is 0 Å². The maximum atomic E-state index is 6.41. The Bertz CT molecular complexity index is 935. The van der Waals surface area contributed by atoms with E-state index < -0.39 is 0 Å². The molecule has 0 spiro atoms. The first-order chi connectivity index (χ1) is 11.2. The number of hydrogen-bond acceptors (Lipinski definition) is 3. The Morgan fingerprint density at radius 2 is 2.04 bits per heavy atom. The van der Waals surface area contributed by atoms with Crippen LogP contribution in [0.2, 0.25) is 5.02 Å². The van der Waals surface area contributed by atoms with Crippen LogP contribution in [0, 0.1) is 6.92 Å². The summed E-state index contributed by atoms with van der Waals surface area (Å²) in [4.78, 5) is 6.95. The highest BCUT2D eigenvalue weighted by atomic mass is 79.9. The molecule has 0 bridgehead atoms. The minimum Gasteiger partial charge on any atom is -0.328 e. The molecule has 0 aliphatic carbocycles. The molecule has 1 aromatic carbocycles. The number of benzene rings is 1. The molecule has 116 valence electrons. The molecular formula is C17H13BrClN3S. The zero-order valence-electron chi connectivity index (χ0n) is 12.3. The second-order valence-electron chi connectivity index (χ2n) is 5.27. The monoisotopic (exact) mass is 405 g/mol. The lowest BCUT2D eigenvalue weighted by Crippen LogP contribution is -2.18. The second-order valence-corrected chi connectivity index (χ2v) is 7.36. The molecule has 0 amide bonds. The summed E-state index contributed by atoms with van der Waals surface area (Å²) < 4.78 is 3.12. The van der Waals surface area contributed by atoms with Crippen molar-refractivity contribution in [1.29, 1.82) is 0 Å². The summed E-state index contributed by atoms with van der Waals surface area (Å²) in [5.41, 5.74) is 5.19. The third kappa shape index (κ3) is 2.47. The minimum atomic E-state index is 0.758. The van der Waals surface area contributed by atoms with E-state index in [0.29, 0.717) is 0 Å². The lowest BCUT2D eigenvalue weighted by molar-refractivity contribution is 1.10. The van der Waals surface area contributed by atoms with E-state index in [0.717, 1.165) is 43.8 Å². The van der Waals surface area contributed by atoms with Gasteiger partial charge in [-0.25, -0.2) is 4.98 Å². The summed E-state index contributed by atoms with van der Waals surface area (Å²) in [6.07, 6.45) is 2.05. The van der Waals surface area contributed by atoms with Crippen LogP contribution < -0.4 is 4.90 Å². The first-order valence-electron chi connectivity index (χ1n) is 7.14. The average Bonchev–Trinajstić information content (AvgIpc) is 3.12. The predicted molar refractivity (Wildman–Crippen MR) is 102 cm³/mol. The number of anilines is 1. The Hall–Kier alpha value is -1.43. The third-order valence-corrected chi connectivity index (χ3v) is 5.59. The molecule has 6 heteroatoms. The number of halogens is 2. The quantitative estimate of drug-likeness (QED) is 0.555. The Morgan fingerprint density at radius 3 is 2.87 bits per heavy atom. The van der Waals surface area contributed by atoms with Crippen molar-refractivity contribution in [3.05, 3.63) is 68.9 Å². The highest BCUT2D eigenvalue weighted by Crippen LogP contribution is 2.40. The van der Waals surface area contributed by atoms with Crippen molar-refractivity contribution in [2.24, 2.45) is 0 Å². The Labute approximate surface area is 152 Å². The van der Waals surface area contributed by atoms with E-state index in [4.69, 9.17) is 16.6 Å². The number of thioether (sulfide) groups is 1. The summed E-state index contributed by atoms with van der Waals surface area (Å²) in [5.74, 6) is 0.847. The van der Waals surface area contributed by atoms with Crippen molar-refractivity contribution in [2.75, 3.05) is 10.8 Å². The normalized spacial score (nSPS) is 14.6.